The lowest BCUT2D eigenvalue weighted by Crippen LogP contribution is -2.09. The fourth-order valence-corrected chi connectivity index (χ4v) is 1.77. The Labute approximate surface area is 122 Å². The van der Waals surface area contributed by atoms with Crippen LogP contribution in [0.15, 0.2) is 36.5 Å². The molecule has 0 aliphatic heterocycles. The van der Waals surface area contributed by atoms with Gasteiger partial charge in [-0.2, -0.15) is 0 Å². The molecule has 0 unspecified atom stereocenters. The highest BCUT2D eigenvalue weighted by atomic mass is 32.1. The van der Waals surface area contributed by atoms with Gasteiger partial charge in [0.15, 0.2) is 11.5 Å². The van der Waals surface area contributed by atoms with Crippen LogP contribution >= 0.6 is 12.2 Å². The molecule has 5 nitrogen and oxygen atoms in total. The van der Waals surface area contributed by atoms with Crippen LogP contribution in [-0.2, 0) is 0 Å². The highest BCUT2D eigenvalue weighted by Gasteiger charge is 2.13. The average Bonchev–Trinajstić information content (AvgIpc) is 2.47. The molecule has 2 aromatic rings. The summed E-state index contributed by atoms with van der Waals surface area (Å²) in [6.07, 6.45) is 1.58. The molecule has 0 atom stereocenters. The maximum atomic E-state index is 5.74. The Morgan fingerprint density at radius 1 is 1.15 bits per heavy atom. The smallest absolute Gasteiger partial charge is 0.220 e. The number of thiocarbonyl (C=S) groups is 1. The number of benzene rings is 1. The van der Waals surface area contributed by atoms with Gasteiger partial charge in [-0.1, -0.05) is 18.3 Å². The van der Waals surface area contributed by atoms with E-state index < -0.39 is 0 Å². The molecule has 1 heterocycles. The van der Waals surface area contributed by atoms with Crippen LogP contribution in [0.3, 0.4) is 0 Å². The summed E-state index contributed by atoms with van der Waals surface area (Å²) < 4.78 is 16.2. The summed E-state index contributed by atoms with van der Waals surface area (Å²) in [6.45, 7) is 0. The van der Waals surface area contributed by atoms with E-state index >= 15 is 0 Å². The lowest BCUT2D eigenvalue weighted by atomic mass is 10.2. The fraction of sp³-hybridized carbons (Fsp3) is 0.143. The fourth-order valence-electron chi connectivity index (χ4n) is 1.64. The van der Waals surface area contributed by atoms with Gasteiger partial charge in [0.25, 0.3) is 0 Å². The van der Waals surface area contributed by atoms with Crippen LogP contribution in [0, 0.1) is 0 Å². The number of rotatable bonds is 5. The molecule has 6 heteroatoms. The quantitative estimate of drug-likeness (QED) is 0.854. The third-order valence-electron chi connectivity index (χ3n) is 2.61. The average molecular weight is 290 g/mol. The maximum Gasteiger partial charge on any atom is 0.220 e. The van der Waals surface area contributed by atoms with E-state index in [4.69, 9.17) is 32.2 Å². The summed E-state index contributed by atoms with van der Waals surface area (Å²) in [7, 11) is 3.11. The summed E-state index contributed by atoms with van der Waals surface area (Å²) in [5.74, 6) is 1.90. The van der Waals surface area contributed by atoms with Gasteiger partial charge in [0.1, 0.15) is 4.99 Å². The van der Waals surface area contributed by atoms with Gasteiger partial charge in [-0.25, -0.2) is 4.98 Å². The van der Waals surface area contributed by atoms with E-state index in [2.05, 4.69) is 4.98 Å². The number of nitrogens with zero attached hydrogens (tertiary/aromatic N) is 1. The number of nitrogens with two attached hydrogens (primary N) is 1. The van der Waals surface area contributed by atoms with Gasteiger partial charge >= 0.3 is 0 Å². The molecule has 0 bridgehead atoms. The van der Waals surface area contributed by atoms with Crippen LogP contribution in [0.2, 0.25) is 0 Å². The predicted molar refractivity (Wildman–Crippen MR) is 79.7 cm³/mol. The van der Waals surface area contributed by atoms with Crippen LogP contribution in [0.4, 0.5) is 0 Å². The van der Waals surface area contributed by atoms with Gasteiger partial charge in [0, 0.05) is 17.8 Å². The topological polar surface area (TPSA) is 66.6 Å². The molecule has 104 valence electrons. The minimum atomic E-state index is 0.282. The molecule has 0 aliphatic rings. The van der Waals surface area contributed by atoms with Gasteiger partial charge in [-0.05, 0) is 18.2 Å². The molecule has 0 amide bonds. The van der Waals surface area contributed by atoms with Crippen molar-refractivity contribution in [2.75, 3.05) is 14.2 Å². The first kappa shape index (κ1) is 14.1. The van der Waals surface area contributed by atoms with Crippen molar-refractivity contribution in [3.63, 3.8) is 0 Å². The van der Waals surface area contributed by atoms with Crippen molar-refractivity contribution in [2.45, 2.75) is 0 Å². The maximum absolute atomic E-state index is 5.74. The summed E-state index contributed by atoms with van der Waals surface area (Å²) in [6, 6.07) is 8.73. The number of methoxy groups -OCH3 is 2. The highest BCUT2D eigenvalue weighted by Crippen LogP contribution is 2.39. The van der Waals surface area contributed by atoms with Gasteiger partial charge in [0.2, 0.25) is 11.6 Å². The largest absolute Gasteiger partial charge is 0.493 e. The van der Waals surface area contributed by atoms with E-state index in [-0.39, 0.29) is 4.99 Å². The summed E-state index contributed by atoms with van der Waals surface area (Å²) in [5.41, 5.74) is 6.27. The van der Waals surface area contributed by atoms with Crippen LogP contribution in [0.5, 0.6) is 23.1 Å². The third-order valence-corrected chi connectivity index (χ3v) is 2.84. The summed E-state index contributed by atoms with van der Waals surface area (Å²) >= 11 is 4.93. The van der Waals surface area contributed by atoms with Gasteiger partial charge < -0.3 is 19.9 Å². The van der Waals surface area contributed by atoms with Crippen molar-refractivity contribution in [3.8, 4) is 23.1 Å². The van der Waals surface area contributed by atoms with E-state index in [0.717, 1.165) is 0 Å². The highest BCUT2D eigenvalue weighted by molar-refractivity contribution is 7.80. The van der Waals surface area contributed by atoms with Crippen molar-refractivity contribution in [1.82, 2.24) is 4.98 Å². The molecular formula is C14H14N2O3S. The Hall–Kier alpha value is -2.34. The SMILES string of the molecule is COc1cccc(OC)c1Oc1cc(C(N)=S)ccn1. The van der Waals surface area contributed by atoms with E-state index in [1.54, 1.807) is 44.7 Å². The van der Waals surface area contributed by atoms with Crippen molar-refractivity contribution >= 4 is 17.2 Å². The van der Waals surface area contributed by atoms with Crippen molar-refractivity contribution in [3.05, 3.63) is 42.1 Å². The third kappa shape index (κ3) is 2.97. The molecular weight excluding hydrogens is 276 g/mol. The van der Waals surface area contributed by atoms with E-state index in [0.29, 0.717) is 28.7 Å². The minimum absolute atomic E-state index is 0.282. The first-order valence-corrected chi connectivity index (χ1v) is 6.21. The standard InChI is InChI=1S/C14H14N2O3S/c1-17-10-4-3-5-11(18-2)13(10)19-12-8-9(14(15)20)6-7-16-12/h3-8H,1-2H3,(H2,15,20). The van der Waals surface area contributed by atoms with Crippen LogP contribution in [0.25, 0.3) is 0 Å². The predicted octanol–water partition coefficient (Wildman–Crippen LogP) is 2.53. The minimum Gasteiger partial charge on any atom is -0.493 e. The molecule has 2 N–H and O–H groups in total. The van der Waals surface area contributed by atoms with Gasteiger partial charge in [0.05, 0.1) is 14.2 Å². The summed E-state index contributed by atoms with van der Waals surface area (Å²) in [4.78, 5) is 4.40. The molecule has 0 fully saturated rings. The second kappa shape index (κ2) is 6.21. The molecule has 1 aromatic heterocycles. The molecule has 0 saturated carbocycles. The number of ether oxygens (including phenoxy) is 3. The van der Waals surface area contributed by atoms with Crippen LogP contribution in [0.1, 0.15) is 5.56 Å². The number of hydrogen-bond donors (Lipinski definition) is 1. The molecule has 0 aliphatic carbocycles. The normalized spacial score (nSPS) is 9.90. The Balaban J connectivity index is 2.39. The summed E-state index contributed by atoms with van der Waals surface area (Å²) in [5, 5.41) is 0. The van der Waals surface area contributed by atoms with Crippen molar-refractivity contribution in [1.29, 1.82) is 0 Å². The number of aromatic nitrogens is 1. The Morgan fingerprint density at radius 2 is 1.80 bits per heavy atom. The molecule has 0 radical (unpaired) electrons. The van der Waals surface area contributed by atoms with Gasteiger partial charge in [-0.15, -0.1) is 0 Å². The van der Waals surface area contributed by atoms with Crippen LogP contribution < -0.4 is 19.9 Å². The monoisotopic (exact) mass is 290 g/mol. The van der Waals surface area contributed by atoms with Crippen molar-refractivity contribution in [2.24, 2.45) is 5.73 Å². The zero-order chi connectivity index (χ0) is 14.5. The second-order valence-electron chi connectivity index (χ2n) is 3.84. The number of pyridine rings is 1. The Morgan fingerprint density at radius 3 is 2.35 bits per heavy atom. The number of hydrogen-bond acceptors (Lipinski definition) is 5. The van der Waals surface area contributed by atoms with Crippen LogP contribution in [-0.4, -0.2) is 24.2 Å². The van der Waals surface area contributed by atoms with E-state index in [1.807, 2.05) is 6.07 Å². The van der Waals surface area contributed by atoms with Crippen molar-refractivity contribution < 1.29 is 14.2 Å². The van der Waals surface area contributed by atoms with E-state index in [9.17, 15) is 0 Å². The Bertz CT molecular complexity index is 609. The molecule has 20 heavy (non-hydrogen) atoms. The second-order valence-corrected chi connectivity index (χ2v) is 4.28. The van der Waals surface area contributed by atoms with E-state index in [1.165, 1.54) is 0 Å². The van der Waals surface area contributed by atoms with Gasteiger partial charge in [-0.3, -0.25) is 0 Å². The Kier molecular flexibility index (Phi) is 4.37. The zero-order valence-corrected chi connectivity index (χ0v) is 11.9. The number of para-hydroxylation sites is 1. The molecule has 1 aromatic carbocycles. The zero-order valence-electron chi connectivity index (χ0n) is 11.1. The lowest BCUT2D eigenvalue weighted by Gasteiger charge is -2.13. The molecule has 0 saturated heterocycles. The first-order chi connectivity index (χ1) is 9.65. The molecule has 0 spiro atoms. The lowest BCUT2D eigenvalue weighted by molar-refractivity contribution is 0.342. The molecule has 2 rings (SSSR count). The first-order valence-electron chi connectivity index (χ1n) is 5.80.